The lowest BCUT2D eigenvalue weighted by atomic mass is 9.47. The van der Waals surface area contributed by atoms with Crippen LogP contribution in [0.2, 0.25) is 0 Å². The minimum atomic E-state index is 0.161. The second kappa shape index (κ2) is 8.20. The molecule has 32 heavy (non-hydrogen) atoms. The average molecular weight is 438 g/mol. The summed E-state index contributed by atoms with van der Waals surface area (Å²) in [5.41, 5.74) is 10.1. The molecule has 4 atom stereocenters. The zero-order chi connectivity index (χ0) is 23.3. The summed E-state index contributed by atoms with van der Waals surface area (Å²) in [6, 6.07) is 0. The predicted molar refractivity (Wildman–Crippen MR) is 132 cm³/mol. The fourth-order valence-corrected chi connectivity index (χ4v) is 6.45. The van der Waals surface area contributed by atoms with Crippen LogP contribution in [0.3, 0.4) is 0 Å². The molecule has 2 N–H and O–H groups in total. The summed E-state index contributed by atoms with van der Waals surface area (Å²) in [5.74, 6) is 2.81. The molecular formula is C26H39N5O. The molecule has 0 bridgehead atoms. The number of nitrogen functional groups attached to an aromatic ring is 1. The molecule has 6 nitrogen and oxygen atoms in total. The molecule has 1 aromatic rings. The van der Waals surface area contributed by atoms with Gasteiger partial charge in [-0.1, -0.05) is 38.0 Å². The Labute approximate surface area is 193 Å². The molecule has 1 aromatic heterocycles. The van der Waals surface area contributed by atoms with E-state index >= 15 is 0 Å². The molecule has 4 rings (SSSR count). The van der Waals surface area contributed by atoms with Gasteiger partial charge < -0.3 is 15.5 Å². The third kappa shape index (κ3) is 3.71. The number of nitrogens with two attached hydrogens (primary N) is 1. The van der Waals surface area contributed by atoms with E-state index in [1.54, 1.807) is 0 Å². The van der Waals surface area contributed by atoms with Crippen LogP contribution in [0.15, 0.2) is 29.6 Å². The summed E-state index contributed by atoms with van der Waals surface area (Å²) in [5, 5.41) is 0. The Morgan fingerprint density at radius 3 is 2.84 bits per heavy atom. The third-order valence-corrected chi connectivity index (χ3v) is 9.08. The number of aromatic nitrogens is 2. The van der Waals surface area contributed by atoms with Gasteiger partial charge in [-0.3, -0.25) is 4.79 Å². The SMILES string of the molecule is CC1=CC(=O)C[C@H]2[C@](C)(CC/C(C)=C/CN3CN(C)c4ncnc(N)c43)[C@@H](C)CC[C@@]12C. The van der Waals surface area contributed by atoms with Gasteiger partial charge in [0, 0.05) is 20.0 Å². The molecule has 0 aromatic carbocycles. The maximum Gasteiger partial charge on any atom is 0.159 e. The third-order valence-electron chi connectivity index (χ3n) is 9.08. The first-order valence-electron chi connectivity index (χ1n) is 12.0. The molecule has 1 aliphatic heterocycles. The summed E-state index contributed by atoms with van der Waals surface area (Å²) in [4.78, 5) is 25.4. The molecular weight excluding hydrogens is 398 g/mol. The summed E-state index contributed by atoms with van der Waals surface area (Å²) >= 11 is 0. The first-order chi connectivity index (χ1) is 15.1. The van der Waals surface area contributed by atoms with Crippen LogP contribution in [0.25, 0.3) is 0 Å². The van der Waals surface area contributed by atoms with E-state index in [2.05, 4.69) is 60.5 Å². The Morgan fingerprint density at radius 1 is 1.34 bits per heavy atom. The van der Waals surface area contributed by atoms with E-state index in [1.165, 1.54) is 30.3 Å². The van der Waals surface area contributed by atoms with E-state index in [-0.39, 0.29) is 10.8 Å². The van der Waals surface area contributed by atoms with Gasteiger partial charge in [0.1, 0.15) is 12.0 Å². The molecule has 0 unspecified atom stereocenters. The normalized spacial score (nSPS) is 32.6. The molecule has 3 aliphatic rings. The van der Waals surface area contributed by atoms with E-state index in [1.807, 2.05) is 13.1 Å². The molecule has 1 saturated carbocycles. The topological polar surface area (TPSA) is 75.4 Å². The number of fused-ring (bicyclic) bond motifs is 2. The number of carbonyl (C=O) groups is 1. The molecule has 174 valence electrons. The van der Waals surface area contributed by atoms with Gasteiger partial charge in [0.15, 0.2) is 17.4 Å². The second-order valence-electron chi connectivity index (χ2n) is 11.0. The van der Waals surface area contributed by atoms with E-state index in [0.29, 0.717) is 29.9 Å². The highest BCUT2D eigenvalue weighted by atomic mass is 16.1. The summed E-state index contributed by atoms with van der Waals surface area (Å²) in [7, 11) is 2.03. The van der Waals surface area contributed by atoms with Crippen molar-refractivity contribution >= 4 is 23.1 Å². The number of rotatable bonds is 5. The number of hydrogen-bond acceptors (Lipinski definition) is 6. The lowest BCUT2D eigenvalue weighted by Crippen LogP contribution is -2.50. The van der Waals surface area contributed by atoms with Gasteiger partial charge >= 0.3 is 0 Å². The number of ketones is 1. The van der Waals surface area contributed by atoms with Gasteiger partial charge in [-0.2, -0.15) is 0 Å². The lowest BCUT2D eigenvalue weighted by Gasteiger charge is -2.57. The summed E-state index contributed by atoms with van der Waals surface area (Å²) in [6.07, 6.45) is 11.1. The van der Waals surface area contributed by atoms with Crippen LogP contribution in [-0.4, -0.2) is 36.0 Å². The van der Waals surface area contributed by atoms with Crippen LogP contribution in [0.5, 0.6) is 0 Å². The first-order valence-corrected chi connectivity index (χ1v) is 12.0. The van der Waals surface area contributed by atoms with E-state index in [4.69, 9.17) is 5.73 Å². The number of anilines is 3. The summed E-state index contributed by atoms with van der Waals surface area (Å²) < 4.78 is 0. The Kier molecular flexibility index (Phi) is 5.84. The van der Waals surface area contributed by atoms with E-state index in [0.717, 1.165) is 37.6 Å². The smallest absolute Gasteiger partial charge is 0.159 e. The van der Waals surface area contributed by atoms with Crippen molar-refractivity contribution < 1.29 is 4.79 Å². The highest BCUT2D eigenvalue weighted by molar-refractivity contribution is 5.92. The lowest BCUT2D eigenvalue weighted by molar-refractivity contribution is -0.123. The van der Waals surface area contributed by atoms with Crippen molar-refractivity contribution in [1.82, 2.24) is 9.97 Å². The molecule has 0 amide bonds. The van der Waals surface area contributed by atoms with Gasteiger partial charge in [-0.15, -0.1) is 0 Å². The first kappa shape index (κ1) is 22.8. The van der Waals surface area contributed by atoms with Crippen LogP contribution in [0.4, 0.5) is 17.3 Å². The minimum Gasteiger partial charge on any atom is -0.382 e. The zero-order valence-corrected chi connectivity index (χ0v) is 20.6. The van der Waals surface area contributed by atoms with Crippen molar-refractivity contribution in [2.45, 2.75) is 66.7 Å². The van der Waals surface area contributed by atoms with Gasteiger partial charge in [0.05, 0.1) is 6.67 Å². The molecule has 2 heterocycles. The van der Waals surface area contributed by atoms with Crippen molar-refractivity contribution in [3.05, 3.63) is 29.6 Å². The zero-order valence-electron chi connectivity index (χ0n) is 20.6. The monoisotopic (exact) mass is 437 g/mol. The predicted octanol–water partition coefficient (Wildman–Crippen LogP) is 4.98. The fourth-order valence-electron chi connectivity index (χ4n) is 6.45. The maximum atomic E-state index is 12.5. The highest BCUT2D eigenvalue weighted by Crippen LogP contribution is 2.61. The van der Waals surface area contributed by atoms with Crippen LogP contribution in [0.1, 0.15) is 66.7 Å². The molecule has 0 saturated heterocycles. The van der Waals surface area contributed by atoms with E-state index in [9.17, 15) is 4.79 Å². The van der Waals surface area contributed by atoms with Gasteiger partial charge in [0.25, 0.3) is 0 Å². The van der Waals surface area contributed by atoms with Crippen LogP contribution in [-0.2, 0) is 4.79 Å². The molecule has 0 spiro atoms. The van der Waals surface area contributed by atoms with Gasteiger partial charge in [-0.05, 0) is 68.3 Å². The summed E-state index contributed by atoms with van der Waals surface area (Å²) in [6.45, 7) is 13.2. The van der Waals surface area contributed by atoms with Crippen LogP contribution in [0, 0.1) is 22.7 Å². The molecule has 1 fully saturated rings. The number of hydrogen-bond donors (Lipinski definition) is 1. The maximum absolute atomic E-state index is 12.5. The Hall–Kier alpha value is -2.37. The van der Waals surface area contributed by atoms with Gasteiger partial charge in [0.2, 0.25) is 0 Å². The Morgan fingerprint density at radius 2 is 2.09 bits per heavy atom. The Balaban J connectivity index is 1.47. The van der Waals surface area contributed by atoms with Gasteiger partial charge in [-0.25, -0.2) is 9.97 Å². The quantitative estimate of drug-likeness (QED) is 0.655. The number of allylic oxidation sites excluding steroid dienone is 3. The Bertz CT molecular complexity index is 969. The van der Waals surface area contributed by atoms with Crippen molar-refractivity contribution in [1.29, 1.82) is 0 Å². The minimum absolute atomic E-state index is 0.161. The second-order valence-corrected chi connectivity index (χ2v) is 11.0. The average Bonchev–Trinajstić information content (AvgIpc) is 3.07. The molecule has 6 heteroatoms. The van der Waals surface area contributed by atoms with E-state index < -0.39 is 0 Å². The standard InChI is InChI=1S/C26H39N5O/c1-17(9-12-31-16-30(6)24-22(31)23(27)28-15-29-24)7-10-25(4)18(2)8-11-26(5)19(3)13-20(32)14-21(25)26/h9,13,15,18,21H,7-8,10-12,14,16H2,1-6H3,(H2,27,28,29)/b17-9+/t18-,21-,25+,26-/m0/s1. The number of carbonyl (C=O) groups excluding carboxylic acids is 1. The van der Waals surface area contributed by atoms with Crippen molar-refractivity contribution in [3.63, 3.8) is 0 Å². The molecule has 2 aliphatic carbocycles. The largest absolute Gasteiger partial charge is 0.382 e. The van der Waals surface area contributed by atoms with Crippen molar-refractivity contribution in [2.75, 3.05) is 35.8 Å². The van der Waals surface area contributed by atoms with Crippen molar-refractivity contribution in [3.8, 4) is 0 Å². The highest BCUT2D eigenvalue weighted by Gasteiger charge is 2.54. The number of nitrogens with zero attached hydrogens (tertiary/aromatic N) is 4. The molecule has 0 radical (unpaired) electrons. The van der Waals surface area contributed by atoms with Crippen molar-refractivity contribution in [2.24, 2.45) is 22.7 Å². The van der Waals surface area contributed by atoms with Crippen LogP contribution < -0.4 is 15.5 Å². The fraction of sp³-hybridized carbons (Fsp3) is 0.654. The van der Waals surface area contributed by atoms with Crippen LogP contribution >= 0.6 is 0 Å².